The highest BCUT2D eigenvalue weighted by Gasteiger charge is 2.16. The Labute approximate surface area is 111 Å². The molecule has 1 rings (SSSR count). The molecule has 0 aromatic carbocycles. The molecule has 0 aliphatic carbocycles. The predicted molar refractivity (Wildman–Crippen MR) is 74.6 cm³/mol. The summed E-state index contributed by atoms with van der Waals surface area (Å²) < 4.78 is 0. The number of likely N-dealkylation sites (N-methyl/N-ethyl adjacent to an activating group) is 1. The molecule has 0 aliphatic heterocycles. The average molecular weight is 269 g/mol. The van der Waals surface area contributed by atoms with Crippen LogP contribution in [0.15, 0.2) is 11.2 Å². The molecule has 7 heteroatoms. The Bertz CT molecular complexity index is 426. The zero-order valence-electron chi connectivity index (χ0n) is 11.1. The van der Waals surface area contributed by atoms with Crippen molar-refractivity contribution in [1.29, 1.82) is 0 Å². The van der Waals surface area contributed by atoms with E-state index >= 15 is 0 Å². The summed E-state index contributed by atoms with van der Waals surface area (Å²) in [5.74, 6) is 0.970. The third-order valence-electron chi connectivity index (χ3n) is 2.49. The molecule has 1 amide bonds. The van der Waals surface area contributed by atoms with Crippen LogP contribution < -0.4 is 11.1 Å². The van der Waals surface area contributed by atoms with Crippen molar-refractivity contribution in [3.63, 3.8) is 0 Å². The van der Waals surface area contributed by atoms with Gasteiger partial charge in [0.05, 0.1) is 0 Å². The van der Waals surface area contributed by atoms with Crippen LogP contribution in [0, 0.1) is 0 Å². The van der Waals surface area contributed by atoms with E-state index in [1.807, 2.05) is 13.2 Å². The van der Waals surface area contributed by atoms with E-state index in [0.717, 1.165) is 0 Å². The lowest BCUT2D eigenvalue weighted by molar-refractivity contribution is -0.130. The van der Waals surface area contributed by atoms with Gasteiger partial charge in [-0.25, -0.2) is 9.97 Å². The van der Waals surface area contributed by atoms with Crippen LogP contribution in [0.3, 0.4) is 0 Å². The van der Waals surface area contributed by atoms with Gasteiger partial charge in [-0.15, -0.1) is 0 Å². The molecule has 0 bridgehead atoms. The molecule has 1 aromatic heterocycles. The summed E-state index contributed by atoms with van der Waals surface area (Å²) in [6.45, 7) is 4.40. The Morgan fingerprint density at radius 1 is 1.61 bits per heavy atom. The van der Waals surface area contributed by atoms with Crippen molar-refractivity contribution < 1.29 is 4.79 Å². The highest BCUT2D eigenvalue weighted by Crippen LogP contribution is 2.16. The van der Waals surface area contributed by atoms with E-state index in [4.69, 9.17) is 5.73 Å². The van der Waals surface area contributed by atoms with E-state index in [0.29, 0.717) is 23.3 Å². The molecule has 1 aromatic rings. The molecule has 0 aliphatic rings. The molecule has 1 atom stereocenters. The summed E-state index contributed by atoms with van der Waals surface area (Å²) in [5.41, 5.74) is 5.67. The number of rotatable bonds is 5. The van der Waals surface area contributed by atoms with Crippen molar-refractivity contribution in [2.45, 2.75) is 25.0 Å². The van der Waals surface area contributed by atoms with Crippen LogP contribution in [0.4, 0.5) is 11.6 Å². The Morgan fingerprint density at radius 2 is 2.28 bits per heavy atom. The quantitative estimate of drug-likeness (QED) is 0.614. The van der Waals surface area contributed by atoms with Crippen LogP contribution in [0.25, 0.3) is 0 Å². The highest BCUT2D eigenvalue weighted by atomic mass is 32.2. The van der Waals surface area contributed by atoms with Crippen molar-refractivity contribution in [3.8, 4) is 0 Å². The van der Waals surface area contributed by atoms with Crippen LogP contribution in [-0.2, 0) is 4.79 Å². The maximum atomic E-state index is 11.9. The first-order chi connectivity index (χ1) is 8.47. The second-order valence-electron chi connectivity index (χ2n) is 3.88. The van der Waals surface area contributed by atoms with Gasteiger partial charge in [-0.2, -0.15) is 0 Å². The lowest BCUT2D eigenvalue weighted by atomic mass is 10.3. The van der Waals surface area contributed by atoms with E-state index in [1.165, 1.54) is 11.8 Å². The van der Waals surface area contributed by atoms with Crippen molar-refractivity contribution in [2.75, 3.05) is 30.9 Å². The number of carbonyl (C=O) groups excluding carboxylic acids is 1. The monoisotopic (exact) mass is 269 g/mol. The van der Waals surface area contributed by atoms with Gasteiger partial charge in [0.1, 0.15) is 17.7 Å². The fraction of sp³-hybridized carbons (Fsp3) is 0.545. The van der Waals surface area contributed by atoms with Crippen molar-refractivity contribution in [2.24, 2.45) is 0 Å². The summed E-state index contributed by atoms with van der Waals surface area (Å²) in [4.78, 5) is 21.9. The van der Waals surface area contributed by atoms with Gasteiger partial charge in [-0.3, -0.25) is 4.79 Å². The molecule has 6 nitrogen and oxygen atoms in total. The van der Waals surface area contributed by atoms with Crippen molar-refractivity contribution >= 4 is 29.3 Å². The number of hydrogen-bond acceptors (Lipinski definition) is 6. The lowest BCUT2D eigenvalue weighted by Crippen LogP contribution is -2.39. The zero-order chi connectivity index (χ0) is 13.7. The lowest BCUT2D eigenvalue weighted by Gasteiger charge is -2.21. The van der Waals surface area contributed by atoms with Crippen LogP contribution in [0.2, 0.25) is 0 Å². The largest absolute Gasteiger partial charge is 0.383 e. The Morgan fingerprint density at radius 3 is 2.83 bits per heavy atom. The van der Waals surface area contributed by atoms with Crippen LogP contribution in [0.1, 0.15) is 13.8 Å². The Kier molecular flexibility index (Phi) is 5.21. The molecule has 1 heterocycles. The summed E-state index contributed by atoms with van der Waals surface area (Å²) in [6, 6.07) is 1.27. The van der Waals surface area contributed by atoms with Gasteiger partial charge in [0.2, 0.25) is 5.91 Å². The summed E-state index contributed by atoms with van der Waals surface area (Å²) >= 11 is 1.41. The van der Waals surface area contributed by atoms with Gasteiger partial charge < -0.3 is 16.0 Å². The van der Waals surface area contributed by atoms with Gasteiger partial charge in [0.25, 0.3) is 0 Å². The molecule has 0 radical (unpaired) electrons. The molecule has 0 fully saturated rings. The molecule has 100 valence electrons. The zero-order valence-corrected chi connectivity index (χ0v) is 11.9. The first-order valence-corrected chi connectivity index (χ1v) is 6.90. The van der Waals surface area contributed by atoms with E-state index in [-0.39, 0.29) is 11.9 Å². The number of nitrogens with two attached hydrogens (primary N) is 1. The topological polar surface area (TPSA) is 84.1 Å². The maximum absolute atomic E-state index is 11.9. The molecule has 0 spiro atoms. The number of anilines is 2. The standard InChI is InChI=1S/C11H19N5OS/c1-5-16(3)10(17)7(2)13-9-6-8(12)14-11(15-9)18-4/h6-7H,5H2,1-4H3,(H3,12,13,14,15). The van der Waals surface area contributed by atoms with Crippen LogP contribution >= 0.6 is 11.8 Å². The van der Waals surface area contributed by atoms with E-state index in [1.54, 1.807) is 24.9 Å². The molecule has 1 unspecified atom stereocenters. The molecule has 18 heavy (non-hydrogen) atoms. The van der Waals surface area contributed by atoms with Crippen LogP contribution in [0.5, 0.6) is 0 Å². The van der Waals surface area contributed by atoms with E-state index in [9.17, 15) is 4.79 Å². The number of carbonyl (C=O) groups is 1. The maximum Gasteiger partial charge on any atom is 0.244 e. The van der Waals surface area contributed by atoms with Gasteiger partial charge >= 0.3 is 0 Å². The fourth-order valence-electron chi connectivity index (χ4n) is 1.38. The van der Waals surface area contributed by atoms with Gasteiger partial charge in [-0.1, -0.05) is 11.8 Å². The van der Waals surface area contributed by atoms with Gasteiger partial charge in [0, 0.05) is 19.7 Å². The first kappa shape index (κ1) is 14.6. The summed E-state index contributed by atoms with van der Waals surface area (Å²) in [7, 11) is 1.77. The third-order valence-corrected chi connectivity index (χ3v) is 3.04. The minimum absolute atomic E-state index is 0.0142. The number of nitrogen functional groups attached to an aromatic ring is 1. The number of aromatic nitrogens is 2. The number of amides is 1. The molecular formula is C11H19N5OS. The van der Waals surface area contributed by atoms with Gasteiger partial charge in [-0.05, 0) is 20.1 Å². The van der Waals surface area contributed by atoms with E-state index in [2.05, 4.69) is 15.3 Å². The molecular weight excluding hydrogens is 250 g/mol. The highest BCUT2D eigenvalue weighted by molar-refractivity contribution is 7.98. The predicted octanol–water partition coefficient (Wildman–Crippen LogP) is 1.06. The second-order valence-corrected chi connectivity index (χ2v) is 4.66. The van der Waals surface area contributed by atoms with E-state index < -0.39 is 0 Å². The number of nitrogens with zero attached hydrogens (tertiary/aromatic N) is 3. The number of hydrogen-bond donors (Lipinski definition) is 2. The van der Waals surface area contributed by atoms with Crippen molar-refractivity contribution in [1.82, 2.24) is 14.9 Å². The Balaban J connectivity index is 2.78. The second kappa shape index (κ2) is 6.44. The minimum Gasteiger partial charge on any atom is -0.383 e. The average Bonchev–Trinajstić information content (AvgIpc) is 2.35. The first-order valence-electron chi connectivity index (χ1n) is 5.68. The molecule has 0 saturated heterocycles. The van der Waals surface area contributed by atoms with Crippen LogP contribution in [-0.4, -0.2) is 46.7 Å². The normalized spacial score (nSPS) is 12.0. The fourth-order valence-corrected chi connectivity index (χ4v) is 1.76. The smallest absolute Gasteiger partial charge is 0.244 e. The minimum atomic E-state index is -0.348. The Hall–Kier alpha value is -1.50. The molecule has 0 saturated carbocycles. The number of nitrogens with one attached hydrogen (secondary N) is 1. The summed E-state index contributed by atoms with van der Waals surface area (Å²) in [5, 5.41) is 3.62. The molecule has 3 N–H and O–H groups in total. The van der Waals surface area contributed by atoms with Crippen molar-refractivity contribution in [3.05, 3.63) is 6.07 Å². The number of thioether (sulfide) groups is 1. The SMILES string of the molecule is CCN(C)C(=O)C(C)Nc1cc(N)nc(SC)n1. The third kappa shape index (κ3) is 3.76. The van der Waals surface area contributed by atoms with Gasteiger partial charge in [0.15, 0.2) is 5.16 Å². The summed E-state index contributed by atoms with van der Waals surface area (Å²) in [6.07, 6.45) is 1.87.